The van der Waals surface area contributed by atoms with Crippen LogP contribution in [0.4, 0.5) is 0 Å². The fourth-order valence-corrected chi connectivity index (χ4v) is 1.94. The molecule has 0 aliphatic heterocycles. The Hall–Kier alpha value is -2.00. The second-order valence-corrected chi connectivity index (χ2v) is 4.58. The molecule has 2 N–H and O–H groups in total. The van der Waals surface area contributed by atoms with E-state index in [1.165, 1.54) is 5.56 Å². The van der Waals surface area contributed by atoms with Gasteiger partial charge in [0.25, 0.3) is 0 Å². The number of methoxy groups -OCH3 is 1. The van der Waals surface area contributed by atoms with Crippen LogP contribution in [0.15, 0.2) is 42.5 Å². The van der Waals surface area contributed by atoms with Crippen molar-refractivity contribution in [3.05, 3.63) is 59.2 Å². The first-order chi connectivity index (χ1) is 9.19. The summed E-state index contributed by atoms with van der Waals surface area (Å²) in [5.41, 5.74) is 3.26. The Morgan fingerprint density at radius 3 is 2.47 bits per heavy atom. The van der Waals surface area contributed by atoms with Gasteiger partial charge in [0, 0.05) is 18.7 Å². The van der Waals surface area contributed by atoms with Gasteiger partial charge in [-0.1, -0.05) is 29.8 Å². The summed E-state index contributed by atoms with van der Waals surface area (Å²) in [6, 6.07) is 13.6. The Labute approximate surface area is 113 Å². The minimum atomic E-state index is 0.341. The van der Waals surface area contributed by atoms with E-state index in [0.717, 1.165) is 23.4 Å². The maximum Gasteiger partial charge on any atom is 0.120 e. The third-order valence-corrected chi connectivity index (χ3v) is 3.04. The highest BCUT2D eigenvalue weighted by Crippen LogP contribution is 2.18. The van der Waals surface area contributed by atoms with Crippen LogP contribution in [-0.4, -0.2) is 12.2 Å². The maximum absolute atomic E-state index is 9.74. The van der Waals surface area contributed by atoms with Gasteiger partial charge in [0.05, 0.1) is 7.11 Å². The number of phenols is 1. The van der Waals surface area contributed by atoms with Crippen LogP contribution >= 0.6 is 0 Å². The third kappa shape index (κ3) is 3.73. The van der Waals surface area contributed by atoms with Gasteiger partial charge in [-0.25, -0.2) is 0 Å². The number of hydrogen-bond donors (Lipinski definition) is 2. The standard InChI is InChI=1S/C16H19NO2/c1-12-3-8-16(18)14(9-12)11-17-10-13-4-6-15(19-2)7-5-13/h3-9,17-18H,10-11H2,1-2H3. The second-order valence-electron chi connectivity index (χ2n) is 4.58. The minimum Gasteiger partial charge on any atom is -0.508 e. The highest BCUT2D eigenvalue weighted by molar-refractivity contribution is 5.35. The first-order valence-corrected chi connectivity index (χ1v) is 6.31. The van der Waals surface area contributed by atoms with Crippen molar-refractivity contribution in [3.63, 3.8) is 0 Å². The second kappa shape index (κ2) is 6.25. The fourth-order valence-electron chi connectivity index (χ4n) is 1.94. The van der Waals surface area contributed by atoms with Crippen LogP contribution in [0.5, 0.6) is 11.5 Å². The molecule has 0 unspecified atom stereocenters. The third-order valence-electron chi connectivity index (χ3n) is 3.04. The summed E-state index contributed by atoms with van der Waals surface area (Å²) in [7, 11) is 1.66. The maximum atomic E-state index is 9.74. The van der Waals surface area contributed by atoms with E-state index in [9.17, 15) is 5.11 Å². The van der Waals surface area contributed by atoms with Crippen LogP contribution in [0.2, 0.25) is 0 Å². The first kappa shape index (κ1) is 13.4. The number of benzene rings is 2. The van der Waals surface area contributed by atoms with Gasteiger partial charge in [-0.2, -0.15) is 0 Å². The van der Waals surface area contributed by atoms with Crippen LogP contribution in [0, 0.1) is 6.92 Å². The highest BCUT2D eigenvalue weighted by atomic mass is 16.5. The summed E-state index contributed by atoms with van der Waals surface area (Å²) < 4.78 is 5.12. The number of ether oxygens (including phenoxy) is 1. The zero-order valence-corrected chi connectivity index (χ0v) is 11.3. The molecule has 0 atom stereocenters. The van der Waals surface area contributed by atoms with E-state index >= 15 is 0 Å². The van der Waals surface area contributed by atoms with Crippen LogP contribution in [0.3, 0.4) is 0 Å². The largest absolute Gasteiger partial charge is 0.508 e. The molecule has 2 aromatic carbocycles. The Bertz CT molecular complexity index is 535. The molecule has 0 heterocycles. The topological polar surface area (TPSA) is 41.5 Å². The van der Waals surface area contributed by atoms with E-state index < -0.39 is 0 Å². The number of rotatable bonds is 5. The molecule has 0 aliphatic rings. The monoisotopic (exact) mass is 257 g/mol. The lowest BCUT2D eigenvalue weighted by Gasteiger charge is -2.08. The average molecular weight is 257 g/mol. The van der Waals surface area contributed by atoms with E-state index in [-0.39, 0.29) is 0 Å². The van der Waals surface area contributed by atoms with Crippen LogP contribution in [0.1, 0.15) is 16.7 Å². The molecule has 0 saturated heterocycles. The summed E-state index contributed by atoms with van der Waals surface area (Å²) in [6.07, 6.45) is 0. The number of aryl methyl sites for hydroxylation is 1. The molecule has 0 amide bonds. The molecule has 19 heavy (non-hydrogen) atoms. The molecule has 0 fully saturated rings. The summed E-state index contributed by atoms with van der Waals surface area (Å²) in [4.78, 5) is 0. The molecule has 0 bridgehead atoms. The van der Waals surface area contributed by atoms with Crippen molar-refractivity contribution in [2.45, 2.75) is 20.0 Å². The van der Waals surface area contributed by atoms with Gasteiger partial charge in [0.15, 0.2) is 0 Å². The zero-order chi connectivity index (χ0) is 13.7. The molecule has 3 nitrogen and oxygen atoms in total. The van der Waals surface area contributed by atoms with E-state index in [2.05, 4.69) is 5.32 Å². The van der Waals surface area contributed by atoms with Crippen molar-refractivity contribution in [3.8, 4) is 11.5 Å². The number of hydrogen-bond acceptors (Lipinski definition) is 3. The van der Waals surface area contributed by atoms with Gasteiger partial charge in [0.1, 0.15) is 11.5 Å². The molecule has 2 aromatic rings. The molecule has 0 radical (unpaired) electrons. The van der Waals surface area contributed by atoms with Crippen molar-refractivity contribution < 1.29 is 9.84 Å². The van der Waals surface area contributed by atoms with Gasteiger partial charge in [-0.3, -0.25) is 0 Å². The zero-order valence-electron chi connectivity index (χ0n) is 11.3. The SMILES string of the molecule is COc1ccc(CNCc2cc(C)ccc2O)cc1. The predicted octanol–water partition coefficient (Wildman–Crippen LogP) is 3.00. The van der Waals surface area contributed by atoms with Crippen molar-refractivity contribution >= 4 is 0 Å². The Morgan fingerprint density at radius 2 is 1.79 bits per heavy atom. The summed E-state index contributed by atoms with van der Waals surface area (Å²) in [5.74, 6) is 1.20. The Morgan fingerprint density at radius 1 is 1.05 bits per heavy atom. The lowest BCUT2D eigenvalue weighted by Crippen LogP contribution is -2.12. The van der Waals surface area contributed by atoms with Gasteiger partial charge < -0.3 is 15.2 Å². The van der Waals surface area contributed by atoms with Gasteiger partial charge in [-0.15, -0.1) is 0 Å². The lowest BCUT2D eigenvalue weighted by atomic mass is 10.1. The van der Waals surface area contributed by atoms with Gasteiger partial charge in [-0.05, 0) is 30.7 Å². The Kier molecular flexibility index (Phi) is 4.42. The van der Waals surface area contributed by atoms with E-state index in [1.807, 2.05) is 43.3 Å². The molecule has 3 heteroatoms. The average Bonchev–Trinajstić information content (AvgIpc) is 2.43. The van der Waals surface area contributed by atoms with Gasteiger partial charge in [0.2, 0.25) is 0 Å². The number of aromatic hydroxyl groups is 1. The van der Waals surface area contributed by atoms with Crippen molar-refractivity contribution in [2.24, 2.45) is 0 Å². The Balaban J connectivity index is 1.90. The van der Waals surface area contributed by atoms with Crippen LogP contribution in [0.25, 0.3) is 0 Å². The van der Waals surface area contributed by atoms with Crippen LogP contribution < -0.4 is 10.1 Å². The molecule has 0 saturated carbocycles. The lowest BCUT2D eigenvalue weighted by molar-refractivity contribution is 0.414. The summed E-state index contributed by atoms with van der Waals surface area (Å²) in [5, 5.41) is 13.1. The molecule has 0 aromatic heterocycles. The van der Waals surface area contributed by atoms with Crippen molar-refractivity contribution in [1.82, 2.24) is 5.32 Å². The van der Waals surface area contributed by atoms with E-state index in [4.69, 9.17) is 4.74 Å². The minimum absolute atomic E-state index is 0.341. The molecule has 100 valence electrons. The highest BCUT2D eigenvalue weighted by Gasteiger charge is 2.01. The molecule has 2 rings (SSSR count). The van der Waals surface area contributed by atoms with E-state index in [0.29, 0.717) is 12.3 Å². The summed E-state index contributed by atoms with van der Waals surface area (Å²) >= 11 is 0. The summed E-state index contributed by atoms with van der Waals surface area (Å²) in [6.45, 7) is 3.43. The first-order valence-electron chi connectivity index (χ1n) is 6.31. The molecule has 0 aliphatic carbocycles. The number of nitrogens with one attached hydrogen (secondary N) is 1. The fraction of sp³-hybridized carbons (Fsp3) is 0.250. The predicted molar refractivity (Wildman–Crippen MR) is 76.4 cm³/mol. The normalized spacial score (nSPS) is 10.4. The number of phenolic OH excluding ortho intramolecular Hbond substituents is 1. The van der Waals surface area contributed by atoms with Gasteiger partial charge >= 0.3 is 0 Å². The molecular weight excluding hydrogens is 238 g/mol. The van der Waals surface area contributed by atoms with E-state index in [1.54, 1.807) is 13.2 Å². The van der Waals surface area contributed by atoms with Crippen LogP contribution in [-0.2, 0) is 13.1 Å². The molecule has 0 spiro atoms. The quantitative estimate of drug-likeness (QED) is 0.865. The van der Waals surface area contributed by atoms with Crippen molar-refractivity contribution in [2.75, 3.05) is 7.11 Å². The van der Waals surface area contributed by atoms with Crippen molar-refractivity contribution in [1.29, 1.82) is 0 Å². The smallest absolute Gasteiger partial charge is 0.120 e. The molecular formula is C16H19NO2.